The van der Waals surface area contributed by atoms with E-state index in [9.17, 15) is 0 Å². The molecular formula is C17H25NO3. The molecule has 116 valence electrons. The van der Waals surface area contributed by atoms with Crippen LogP contribution in [-0.2, 0) is 4.74 Å². The summed E-state index contributed by atoms with van der Waals surface area (Å²) in [5, 5.41) is 0. The van der Waals surface area contributed by atoms with E-state index >= 15 is 0 Å². The number of methoxy groups -OCH3 is 1. The second-order valence-electron chi connectivity index (χ2n) is 6.32. The molecule has 1 spiro atoms. The van der Waals surface area contributed by atoms with E-state index in [-0.39, 0.29) is 17.7 Å². The summed E-state index contributed by atoms with van der Waals surface area (Å²) in [6.07, 6.45) is 5.78. The number of rotatable bonds is 4. The fourth-order valence-electron chi connectivity index (χ4n) is 3.25. The molecule has 1 aliphatic heterocycles. The third kappa shape index (κ3) is 3.01. The Kier molecular flexibility index (Phi) is 4.09. The van der Waals surface area contributed by atoms with Crippen LogP contribution in [-0.4, -0.2) is 25.4 Å². The number of nitrogens with two attached hydrogens (primary N) is 1. The summed E-state index contributed by atoms with van der Waals surface area (Å²) in [7, 11) is 1.67. The van der Waals surface area contributed by atoms with Crippen LogP contribution < -0.4 is 15.2 Å². The Morgan fingerprint density at radius 2 is 2.14 bits per heavy atom. The highest BCUT2D eigenvalue weighted by atomic mass is 16.5. The monoisotopic (exact) mass is 291 g/mol. The van der Waals surface area contributed by atoms with E-state index in [2.05, 4.69) is 0 Å². The molecular weight excluding hydrogens is 266 g/mol. The van der Waals surface area contributed by atoms with Crippen LogP contribution in [0.1, 0.15) is 50.6 Å². The second kappa shape index (κ2) is 5.85. The van der Waals surface area contributed by atoms with Gasteiger partial charge in [-0.15, -0.1) is 0 Å². The van der Waals surface area contributed by atoms with Gasteiger partial charge in [0.25, 0.3) is 0 Å². The van der Waals surface area contributed by atoms with Crippen molar-refractivity contribution in [3.63, 3.8) is 0 Å². The molecule has 2 atom stereocenters. The molecule has 2 aliphatic rings. The van der Waals surface area contributed by atoms with Gasteiger partial charge in [0.15, 0.2) is 11.5 Å². The Hall–Kier alpha value is -1.26. The fourth-order valence-corrected chi connectivity index (χ4v) is 3.25. The second-order valence-corrected chi connectivity index (χ2v) is 6.32. The zero-order valence-corrected chi connectivity index (χ0v) is 12.9. The van der Waals surface area contributed by atoms with E-state index in [1.807, 2.05) is 25.1 Å². The number of ether oxygens (including phenoxy) is 3. The molecule has 0 amide bonds. The SMILES string of the molecule is COc1cc(C(C)N)ccc1OC1CCOC2(CCC2)C1. The van der Waals surface area contributed by atoms with Crippen molar-refractivity contribution in [2.24, 2.45) is 5.73 Å². The minimum Gasteiger partial charge on any atom is -0.493 e. The summed E-state index contributed by atoms with van der Waals surface area (Å²) in [5.74, 6) is 1.57. The molecule has 1 saturated heterocycles. The van der Waals surface area contributed by atoms with Gasteiger partial charge in [0.2, 0.25) is 0 Å². The first kappa shape index (κ1) is 14.7. The zero-order valence-electron chi connectivity index (χ0n) is 12.9. The van der Waals surface area contributed by atoms with Crippen molar-refractivity contribution in [2.75, 3.05) is 13.7 Å². The minimum atomic E-state index is -0.00530. The topological polar surface area (TPSA) is 53.7 Å². The maximum Gasteiger partial charge on any atom is 0.161 e. The van der Waals surface area contributed by atoms with Gasteiger partial charge in [0.1, 0.15) is 6.10 Å². The molecule has 1 saturated carbocycles. The zero-order chi connectivity index (χ0) is 14.9. The molecule has 1 heterocycles. The lowest BCUT2D eigenvalue weighted by molar-refractivity contribution is -0.153. The van der Waals surface area contributed by atoms with Crippen LogP contribution in [0.3, 0.4) is 0 Å². The molecule has 2 fully saturated rings. The van der Waals surface area contributed by atoms with Gasteiger partial charge < -0.3 is 19.9 Å². The van der Waals surface area contributed by atoms with Crippen LogP contribution in [0.25, 0.3) is 0 Å². The third-order valence-corrected chi connectivity index (χ3v) is 4.72. The predicted octanol–water partition coefficient (Wildman–Crippen LogP) is 3.20. The predicted molar refractivity (Wildman–Crippen MR) is 81.8 cm³/mol. The van der Waals surface area contributed by atoms with Crippen molar-refractivity contribution in [1.82, 2.24) is 0 Å². The van der Waals surface area contributed by atoms with Gasteiger partial charge in [0, 0.05) is 18.9 Å². The molecule has 3 rings (SSSR count). The summed E-state index contributed by atoms with van der Waals surface area (Å²) in [5.41, 5.74) is 7.08. The Bertz CT molecular complexity index is 497. The lowest BCUT2D eigenvalue weighted by Gasteiger charge is -2.46. The standard InChI is InChI=1S/C17H25NO3/c1-12(18)13-4-5-15(16(10-13)19-2)21-14-6-9-20-17(11-14)7-3-8-17/h4-5,10,12,14H,3,6-9,11,18H2,1-2H3. The van der Waals surface area contributed by atoms with Crippen molar-refractivity contribution in [2.45, 2.75) is 56.8 Å². The van der Waals surface area contributed by atoms with Crippen LogP contribution in [0.2, 0.25) is 0 Å². The van der Waals surface area contributed by atoms with E-state index in [0.29, 0.717) is 0 Å². The molecule has 0 aromatic heterocycles. The van der Waals surface area contributed by atoms with Crippen LogP contribution in [0.5, 0.6) is 11.5 Å². The highest BCUT2D eigenvalue weighted by molar-refractivity contribution is 5.43. The molecule has 4 heteroatoms. The van der Waals surface area contributed by atoms with E-state index in [1.54, 1.807) is 7.11 Å². The Balaban J connectivity index is 1.72. The van der Waals surface area contributed by atoms with Crippen LogP contribution in [0, 0.1) is 0 Å². The van der Waals surface area contributed by atoms with E-state index in [1.165, 1.54) is 19.3 Å². The molecule has 21 heavy (non-hydrogen) atoms. The number of benzene rings is 1. The van der Waals surface area contributed by atoms with Crippen LogP contribution in [0.4, 0.5) is 0 Å². The third-order valence-electron chi connectivity index (χ3n) is 4.72. The smallest absolute Gasteiger partial charge is 0.161 e. The first-order valence-electron chi connectivity index (χ1n) is 7.86. The minimum absolute atomic E-state index is 0.00530. The van der Waals surface area contributed by atoms with Crippen LogP contribution in [0.15, 0.2) is 18.2 Å². The van der Waals surface area contributed by atoms with Gasteiger partial charge in [-0.25, -0.2) is 0 Å². The van der Waals surface area contributed by atoms with Gasteiger partial charge in [-0.2, -0.15) is 0 Å². The maximum absolute atomic E-state index is 6.20. The van der Waals surface area contributed by atoms with Gasteiger partial charge >= 0.3 is 0 Å². The normalized spacial score (nSPS) is 25.2. The Morgan fingerprint density at radius 3 is 2.76 bits per heavy atom. The average molecular weight is 291 g/mol. The van der Waals surface area contributed by atoms with E-state index in [0.717, 1.165) is 36.5 Å². The van der Waals surface area contributed by atoms with Gasteiger partial charge in [0.05, 0.1) is 19.3 Å². The first-order chi connectivity index (χ1) is 10.1. The first-order valence-corrected chi connectivity index (χ1v) is 7.86. The Morgan fingerprint density at radius 1 is 1.33 bits per heavy atom. The van der Waals surface area contributed by atoms with E-state index < -0.39 is 0 Å². The molecule has 0 radical (unpaired) electrons. The lowest BCUT2D eigenvalue weighted by atomic mass is 9.74. The average Bonchev–Trinajstić information content (AvgIpc) is 2.46. The van der Waals surface area contributed by atoms with Gasteiger partial charge in [-0.05, 0) is 43.9 Å². The van der Waals surface area contributed by atoms with Gasteiger partial charge in [-0.1, -0.05) is 6.07 Å². The summed E-state index contributed by atoms with van der Waals surface area (Å²) < 4.78 is 17.6. The summed E-state index contributed by atoms with van der Waals surface area (Å²) >= 11 is 0. The molecule has 2 N–H and O–H groups in total. The van der Waals surface area contributed by atoms with Crippen molar-refractivity contribution in [1.29, 1.82) is 0 Å². The molecule has 4 nitrogen and oxygen atoms in total. The van der Waals surface area contributed by atoms with Crippen molar-refractivity contribution in [3.05, 3.63) is 23.8 Å². The lowest BCUT2D eigenvalue weighted by Crippen LogP contribution is -2.48. The highest BCUT2D eigenvalue weighted by Crippen LogP contribution is 2.43. The summed E-state index contributed by atoms with van der Waals surface area (Å²) in [6.45, 7) is 2.76. The van der Waals surface area contributed by atoms with Crippen molar-refractivity contribution < 1.29 is 14.2 Å². The highest BCUT2D eigenvalue weighted by Gasteiger charge is 2.43. The van der Waals surface area contributed by atoms with Crippen LogP contribution >= 0.6 is 0 Å². The van der Waals surface area contributed by atoms with Crippen molar-refractivity contribution >= 4 is 0 Å². The summed E-state index contributed by atoms with van der Waals surface area (Å²) in [6, 6.07) is 5.95. The van der Waals surface area contributed by atoms with E-state index in [4.69, 9.17) is 19.9 Å². The molecule has 1 aliphatic carbocycles. The largest absolute Gasteiger partial charge is 0.493 e. The molecule has 2 unspecified atom stereocenters. The number of hydrogen-bond donors (Lipinski definition) is 1. The molecule has 0 bridgehead atoms. The quantitative estimate of drug-likeness (QED) is 0.925. The molecule has 1 aromatic carbocycles. The summed E-state index contributed by atoms with van der Waals surface area (Å²) in [4.78, 5) is 0. The molecule has 1 aromatic rings. The van der Waals surface area contributed by atoms with Gasteiger partial charge in [-0.3, -0.25) is 0 Å². The fraction of sp³-hybridized carbons (Fsp3) is 0.647. The van der Waals surface area contributed by atoms with Crippen molar-refractivity contribution in [3.8, 4) is 11.5 Å². The Labute approximate surface area is 126 Å². The maximum atomic E-state index is 6.20. The number of hydrogen-bond acceptors (Lipinski definition) is 4.